The highest BCUT2D eigenvalue weighted by Crippen LogP contribution is 2.42. The minimum atomic E-state index is 0.414. The molecule has 3 rings (SSSR count). The third-order valence-corrected chi connectivity index (χ3v) is 4.04. The van der Waals surface area contributed by atoms with E-state index >= 15 is 0 Å². The van der Waals surface area contributed by atoms with Crippen molar-refractivity contribution >= 4 is 11.0 Å². The Bertz CT molecular complexity index is 553. The number of furan rings is 1. The van der Waals surface area contributed by atoms with Gasteiger partial charge in [0, 0.05) is 5.39 Å². The molecular formula is C17H23NO. The van der Waals surface area contributed by atoms with E-state index in [1.165, 1.54) is 30.2 Å². The molecule has 1 aliphatic carbocycles. The molecule has 19 heavy (non-hydrogen) atoms. The molecule has 0 aliphatic heterocycles. The van der Waals surface area contributed by atoms with Crippen LogP contribution in [0.4, 0.5) is 0 Å². The van der Waals surface area contributed by atoms with Crippen LogP contribution in [0.1, 0.15) is 50.5 Å². The average Bonchev–Trinajstić information content (AvgIpc) is 3.17. The van der Waals surface area contributed by atoms with Crippen LogP contribution < -0.4 is 5.32 Å². The lowest BCUT2D eigenvalue weighted by atomic mass is 10.1. The van der Waals surface area contributed by atoms with E-state index in [1.54, 1.807) is 0 Å². The predicted molar refractivity (Wildman–Crippen MR) is 79.4 cm³/mol. The number of hydrogen-bond acceptors (Lipinski definition) is 2. The van der Waals surface area contributed by atoms with Crippen LogP contribution in [0.15, 0.2) is 28.7 Å². The highest BCUT2D eigenvalue weighted by molar-refractivity contribution is 5.81. The molecule has 1 aromatic heterocycles. The van der Waals surface area contributed by atoms with Gasteiger partial charge in [-0.1, -0.05) is 32.0 Å². The van der Waals surface area contributed by atoms with Gasteiger partial charge >= 0.3 is 0 Å². The summed E-state index contributed by atoms with van der Waals surface area (Å²) >= 11 is 0. The van der Waals surface area contributed by atoms with E-state index in [0.717, 1.165) is 30.2 Å². The van der Waals surface area contributed by atoms with Crippen molar-refractivity contribution in [3.05, 3.63) is 35.6 Å². The van der Waals surface area contributed by atoms with Crippen molar-refractivity contribution in [2.45, 2.75) is 45.6 Å². The number of hydrogen-bond donors (Lipinski definition) is 1. The van der Waals surface area contributed by atoms with Crippen molar-refractivity contribution in [2.75, 3.05) is 6.54 Å². The fourth-order valence-corrected chi connectivity index (χ4v) is 2.80. The molecule has 1 fully saturated rings. The van der Waals surface area contributed by atoms with E-state index in [2.05, 4.69) is 43.4 Å². The van der Waals surface area contributed by atoms with Crippen LogP contribution in [0.25, 0.3) is 11.0 Å². The quantitative estimate of drug-likeness (QED) is 0.827. The van der Waals surface area contributed by atoms with Crippen molar-refractivity contribution in [3.63, 3.8) is 0 Å². The van der Waals surface area contributed by atoms with Crippen molar-refractivity contribution in [1.29, 1.82) is 0 Å². The van der Waals surface area contributed by atoms with E-state index in [0.29, 0.717) is 6.04 Å². The van der Waals surface area contributed by atoms with Crippen LogP contribution in [0.2, 0.25) is 0 Å². The zero-order chi connectivity index (χ0) is 13.2. The highest BCUT2D eigenvalue weighted by atomic mass is 16.3. The molecular weight excluding hydrogens is 234 g/mol. The third kappa shape index (κ3) is 2.55. The van der Waals surface area contributed by atoms with Crippen molar-refractivity contribution in [3.8, 4) is 0 Å². The smallest absolute Gasteiger partial charge is 0.137 e. The normalized spacial score (nSPS) is 16.9. The molecule has 1 atom stereocenters. The first-order valence-electron chi connectivity index (χ1n) is 7.58. The lowest BCUT2D eigenvalue weighted by molar-refractivity contribution is 0.396. The molecule has 2 heteroatoms. The van der Waals surface area contributed by atoms with Gasteiger partial charge in [0.15, 0.2) is 0 Å². The Balaban J connectivity index is 1.94. The predicted octanol–water partition coefficient (Wildman–Crippen LogP) is 4.45. The molecule has 1 heterocycles. The zero-order valence-corrected chi connectivity index (χ0v) is 11.9. The van der Waals surface area contributed by atoms with Gasteiger partial charge in [0.2, 0.25) is 0 Å². The van der Waals surface area contributed by atoms with Crippen LogP contribution in [-0.4, -0.2) is 6.54 Å². The second-order valence-electron chi connectivity index (χ2n) is 5.61. The first-order chi connectivity index (χ1) is 9.33. The molecule has 2 aromatic rings. The second-order valence-corrected chi connectivity index (χ2v) is 5.61. The van der Waals surface area contributed by atoms with Crippen molar-refractivity contribution < 1.29 is 4.42 Å². The molecule has 0 spiro atoms. The van der Waals surface area contributed by atoms with Crippen LogP contribution in [0, 0.1) is 5.92 Å². The Hall–Kier alpha value is -1.28. The van der Waals surface area contributed by atoms with Crippen LogP contribution >= 0.6 is 0 Å². The van der Waals surface area contributed by atoms with Gasteiger partial charge in [-0.15, -0.1) is 0 Å². The summed E-state index contributed by atoms with van der Waals surface area (Å²) in [6, 6.07) is 9.11. The fourth-order valence-electron chi connectivity index (χ4n) is 2.80. The maximum absolute atomic E-state index is 6.19. The molecule has 0 amide bonds. The number of benzene rings is 1. The largest absolute Gasteiger partial charge is 0.459 e. The maximum atomic E-state index is 6.19. The summed E-state index contributed by atoms with van der Waals surface area (Å²) in [6.07, 6.45) is 4.86. The summed E-state index contributed by atoms with van der Waals surface area (Å²) in [5.41, 5.74) is 2.40. The SMILES string of the molecule is CCCNC(c1cc2cccc(CC)c2o1)C1CC1. The zero-order valence-electron chi connectivity index (χ0n) is 11.9. The van der Waals surface area contributed by atoms with Gasteiger partial charge in [0.05, 0.1) is 6.04 Å². The molecule has 102 valence electrons. The summed E-state index contributed by atoms with van der Waals surface area (Å²) in [7, 11) is 0. The van der Waals surface area contributed by atoms with Gasteiger partial charge in [0.25, 0.3) is 0 Å². The summed E-state index contributed by atoms with van der Waals surface area (Å²) in [5, 5.41) is 4.90. The Kier molecular flexibility index (Phi) is 3.61. The molecule has 1 aliphatic rings. The van der Waals surface area contributed by atoms with Gasteiger partial charge in [-0.2, -0.15) is 0 Å². The van der Waals surface area contributed by atoms with E-state index < -0.39 is 0 Å². The molecule has 0 bridgehead atoms. The van der Waals surface area contributed by atoms with Crippen LogP contribution in [0.5, 0.6) is 0 Å². The Morgan fingerprint density at radius 1 is 1.32 bits per heavy atom. The number of fused-ring (bicyclic) bond motifs is 1. The van der Waals surface area contributed by atoms with E-state index in [-0.39, 0.29) is 0 Å². The highest BCUT2D eigenvalue weighted by Gasteiger charge is 2.34. The van der Waals surface area contributed by atoms with Crippen LogP contribution in [-0.2, 0) is 6.42 Å². The third-order valence-electron chi connectivity index (χ3n) is 4.04. The number of para-hydroxylation sites is 1. The van der Waals surface area contributed by atoms with Gasteiger partial charge < -0.3 is 9.73 Å². The Labute approximate surface area is 115 Å². The molecule has 1 saturated carbocycles. The van der Waals surface area contributed by atoms with Crippen LogP contribution in [0.3, 0.4) is 0 Å². The maximum Gasteiger partial charge on any atom is 0.137 e. The summed E-state index contributed by atoms with van der Waals surface area (Å²) in [5.74, 6) is 1.91. The number of rotatable bonds is 6. The van der Waals surface area contributed by atoms with Crippen molar-refractivity contribution in [1.82, 2.24) is 5.32 Å². The fraction of sp³-hybridized carbons (Fsp3) is 0.529. The molecule has 1 N–H and O–H groups in total. The lowest BCUT2D eigenvalue weighted by Crippen LogP contribution is -2.23. The average molecular weight is 257 g/mol. The van der Waals surface area contributed by atoms with Gasteiger partial charge in [-0.25, -0.2) is 0 Å². The van der Waals surface area contributed by atoms with E-state index in [9.17, 15) is 0 Å². The first-order valence-corrected chi connectivity index (χ1v) is 7.58. The minimum absolute atomic E-state index is 0.414. The number of aryl methyl sites for hydroxylation is 1. The van der Waals surface area contributed by atoms with E-state index in [4.69, 9.17) is 4.42 Å². The number of nitrogens with one attached hydrogen (secondary N) is 1. The molecule has 0 radical (unpaired) electrons. The topological polar surface area (TPSA) is 25.2 Å². The van der Waals surface area contributed by atoms with Gasteiger partial charge in [0.1, 0.15) is 11.3 Å². The van der Waals surface area contributed by atoms with E-state index in [1.807, 2.05) is 0 Å². The van der Waals surface area contributed by atoms with Crippen molar-refractivity contribution in [2.24, 2.45) is 5.92 Å². The second kappa shape index (κ2) is 5.38. The Morgan fingerprint density at radius 3 is 2.84 bits per heavy atom. The molecule has 1 aromatic carbocycles. The standard InChI is InChI=1S/C17H23NO/c1-3-10-18-16(13-8-9-13)15-11-14-7-5-6-12(4-2)17(14)19-15/h5-7,11,13,16,18H,3-4,8-10H2,1-2H3. The Morgan fingerprint density at radius 2 is 2.16 bits per heavy atom. The molecule has 2 nitrogen and oxygen atoms in total. The van der Waals surface area contributed by atoms with Gasteiger partial charge in [-0.3, -0.25) is 0 Å². The monoisotopic (exact) mass is 257 g/mol. The molecule has 0 saturated heterocycles. The lowest BCUT2D eigenvalue weighted by Gasteiger charge is -2.15. The first kappa shape index (κ1) is 12.7. The summed E-state index contributed by atoms with van der Waals surface area (Å²) < 4.78 is 6.19. The summed E-state index contributed by atoms with van der Waals surface area (Å²) in [4.78, 5) is 0. The summed E-state index contributed by atoms with van der Waals surface area (Å²) in [6.45, 7) is 5.47. The minimum Gasteiger partial charge on any atom is -0.459 e. The van der Waals surface area contributed by atoms with Gasteiger partial charge in [-0.05, 0) is 49.8 Å². The molecule has 1 unspecified atom stereocenters.